The van der Waals surface area contributed by atoms with E-state index in [4.69, 9.17) is 0 Å². The van der Waals surface area contributed by atoms with E-state index in [-0.39, 0.29) is 0 Å². The van der Waals surface area contributed by atoms with Crippen LogP contribution in [0, 0.1) is 5.92 Å². The first kappa shape index (κ1) is 11.4. The van der Waals surface area contributed by atoms with Crippen LogP contribution in [0.2, 0.25) is 0 Å². The minimum absolute atomic E-state index is 0.633. The quantitative estimate of drug-likeness (QED) is 0.706. The lowest BCUT2D eigenvalue weighted by Crippen LogP contribution is -2.36. The molecule has 1 aliphatic carbocycles. The third-order valence-electron chi connectivity index (χ3n) is 3.04. The van der Waals surface area contributed by atoms with Crippen molar-refractivity contribution in [3.05, 3.63) is 23.9 Å². The predicted molar refractivity (Wildman–Crippen MR) is 63.1 cm³/mol. The summed E-state index contributed by atoms with van der Waals surface area (Å²) in [6, 6.07) is 0.633. The van der Waals surface area contributed by atoms with E-state index in [2.05, 4.69) is 30.6 Å². The van der Waals surface area contributed by atoms with Gasteiger partial charge in [0, 0.05) is 12.2 Å². The summed E-state index contributed by atoms with van der Waals surface area (Å²) in [5.41, 5.74) is 1.42. The van der Waals surface area contributed by atoms with Crippen molar-refractivity contribution in [3.8, 4) is 0 Å². The molecule has 0 saturated heterocycles. The molecule has 0 radical (unpaired) electrons. The molecule has 1 atom stereocenters. The number of dihydropyridines is 1. The zero-order chi connectivity index (χ0) is 10.4. The van der Waals surface area contributed by atoms with Crippen molar-refractivity contribution in [2.75, 3.05) is 0 Å². The first-order valence-corrected chi connectivity index (χ1v) is 6.03. The van der Waals surface area contributed by atoms with Gasteiger partial charge < -0.3 is 5.32 Å². The molecule has 1 N–H and O–H groups in total. The van der Waals surface area contributed by atoms with Gasteiger partial charge >= 0.3 is 0 Å². The van der Waals surface area contributed by atoms with Crippen molar-refractivity contribution in [3.63, 3.8) is 0 Å². The van der Waals surface area contributed by atoms with Crippen molar-refractivity contribution in [1.29, 1.82) is 0 Å². The monoisotopic (exact) mass is 193 g/mol. The van der Waals surface area contributed by atoms with Gasteiger partial charge in [0.2, 0.25) is 0 Å². The van der Waals surface area contributed by atoms with E-state index in [0.29, 0.717) is 6.04 Å². The highest BCUT2D eigenvalue weighted by molar-refractivity contribution is 5.24. The second-order valence-corrected chi connectivity index (χ2v) is 3.82. The van der Waals surface area contributed by atoms with E-state index in [1.165, 1.54) is 24.8 Å². The summed E-state index contributed by atoms with van der Waals surface area (Å²) in [7, 11) is 0. The largest absolute Gasteiger partial charge is 0.384 e. The van der Waals surface area contributed by atoms with Crippen molar-refractivity contribution in [2.24, 2.45) is 5.92 Å². The Morgan fingerprint density at radius 2 is 2.07 bits per heavy atom. The number of hydrogen-bond acceptors (Lipinski definition) is 1. The molecule has 1 unspecified atom stereocenters. The summed E-state index contributed by atoms with van der Waals surface area (Å²) in [5, 5.41) is 3.47. The predicted octanol–water partition coefficient (Wildman–Crippen LogP) is 3.63. The molecule has 0 bridgehead atoms. The van der Waals surface area contributed by atoms with Crippen LogP contribution < -0.4 is 5.32 Å². The standard InChI is InChI=1S/C11H17N.C2H6/c1-2-9-6-7-11(12-8-9)10-4-3-5-10;1-2/h6-8,10-12H,2-5H2,1H3;1-2H3. The highest BCUT2D eigenvalue weighted by Gasteiger charge is 2.25. The molecule has 0 aromatic carbocycles. The van der Waals surface area contributed by atoms with Gasteiger partial charge in [-0.2, -0.15) is 0 Å². The van der Waals surface area contributed by atoms with Crippen LogP contribution in [-0.4, -0.2) is 6.04 Å². The van der Waals surface area contributed by atoms with Crippen LogP contribution in [0.15, 0.2) is 23.9 Å². The van der Waals surface area contributed by atoms with Crippen LogP contribution in [0.3, 0.4) is 0 Å². The molecule has 1 aliphatic heterocycles. The first-order chi connectivity index (χ1) is 6.90. The molecule has 1 saturated carbocycles. The van der Waals surface area contributed by atoms with Gasteiger partial charge in [0.1, 0.15) is 0 Å². The van der Waals surface area contributed by atoms with Crippen LogP contribution in [0.25, 0.3) is 0 Å². The van der Waals surface area contributed by atoms with E-state index < -0.39 is 0 Å². The SMILES string of the molecule is CC.CCC1=CNC(C2CCC2)C=C1. The highest BCUT2D eigenvalue weighted by Crippen LogP contribution is 2.31. The third-order valence-corrected chi connectivity index (χ3v) is 3.04. The molecule has 1 nitrogen and oxygen atoms in total. The van der Waals surface area contributed by atoms with Gasteiger partial charge in [0.25, 0.3) is 0 Å². The minimum atomic E-state index is 0.633. The Balaban J connectivity index is 0.000000461. The summed E-state index contributed by atoms with van der Waals surface area (Å²) in [6.07, 6.45) is 12.2. The lowest BCUT2D eigenvalue weighted by atomic mass is 9.79. The van der Waals surface area contributed by atoms with E-state index in [9.17, 15) is 0 Å². The average molecular weight is 193 g/mol. The fraction of sp³-hybridized carbons (Fsp3) is 0.692. The van der Waals surface area contributed by atoms with Gasteiger partial charge in [-0.3, -0.25) is 0 Å². The van der Waals surface area contributed by atoms with Gasteiger partial charge in [-0.25, -0.2) is 0 Å². The van der Waals surface area contributed by atoms with E-state index in [1.807, 2.05) is 13.8 Å². The summed E-state index contributed by atoms with van der Waals surface area (Å²) in [5.74, 6) is 0.913. The van der Waals surface area contributed by atoms with Gasteiger partial charge in [-0.1, -0.05) is 39.3 Å². The molecule has 0 aromatic heterocycles. The zero-order valence-electron chi connectivity index (χ0n) is 9.72. The first-order valence-electron chi connectivity index (χ1n) is 6.03. The van der Waals surface area contributed by atoms with Crippen LogP contribution >= 0.6 is 0 Å². The molecular weight excluding hydrogens is 170 g/mol. The molecule has 1 heterocycles. The van der Waals surface area contributed by atoms with Crippen molar-refractivity contribution < 1.29 is 0 Å². The van der Waals surface area contributed by atoms with Crippen LogP contribution in [0.4, 0.5) is 0 Å². The van der Waals surface area contributed by atoms with Gasteiger partial charge in [-0.05, 0) is 30.8 Å². The lowest BCUT2D eigenvalue weighted by molar-refractivity contribution is 0.270. The normalized spacial score (nSPS) is 25.4. The minimum Gasteiger partial charge on any atom is -0.384 e. The second kappa shape index (κ2) is 5.90. The topological polar surface area (TPSA) is 12.0 Å². The van der Waals surface area contributed by atoms with Crippen LogP contribution in [0.5, 0.6) is 0 Å². The van der Waals surface area contributed by atoms with Gasteiger partial charge in [-0.15, -0.1) is 0 Å². The Hall–Kier alpha value is -0.720. The van der Waals surface area contributed by atoms with Crippen molar-refractivity contribution >= 4 is 0 Å². The zero-order valence-corrected chi connectivity index (χ0v) is 9.72. The molecule has 0 aromatic rings. The lowest BCUT2D eigenvalue weighted by Gasteiger charge is -2.33. The Morgan fingerprint density at radius 1 is 1.36 bits per heavy atom. The van der Waals surface area contributed by atoms with Crippen molar-refractivity contribution in [1.82, 2.24) is 5.32 Å². The van der Waals surface area contributed by atoms with E-state index in [0.717, 1.165) is 12.3 Å². The van der Waals surface area contributed by atoms with E-state index in [1.54, 1.807) is 0 Å². The van der Waals surface area contributed by atoms with Crippen LogP contribution in [-0.2, 0) is 0 Å². The molecule has 1 fully saturated rings. The number of nitrogens with one attached hydrogen (secondary N) is 1. The summed E-state index contributed by atoms with van der Waals surface area (Å²) >= 11 is 0. The fourth-order valence-electron chi connectivity index (χ4n) is 1.85. The summed E-state index contributed by atoms with van der Waals surface area (Å²) in [4.78, 5) is 0. The maximum atomic E-state index is 3.47. The fourth-order valence-corrected chi connectivity index (χ4v) is 1.85. The Morgan fingerprint density at radius 3 is 2.43 bits per heavy atom. The van der Waals surface area contributed by atoms with Gasteiger partial charge in [0.15, 0.2) is 0 Å². The number of rotatable bonds is 2. The molecular formula is C13H23N. The molecule has 1 heteroatoms. The average Bonchev–Trinajstić information content (AvgIpc) is 2.20. The van der Waals surface area contributed by atoms with Crippen LogP contribution in [0.1, 0.15) is 46.5 Å². The molecule has 0 spiro atoms. The maximum Gasteiger partial charge on any atom is 0.0470 e. The molecule has 0 amide bonds. The highest BCUT2D eigenvalue weighted by atomic mass is 14.9. The molecule has 14 heavy (non-hydrogen) atoms. The third kappa shape index (κ3) is 2.63. The summed E-state index contributed by atoms with van der Waals surface area (Å²) in [6.45, 7) is 6.20. The Kier molecular flexibility index (Phi) is 4.78. The second-order valence-electron chi connectivity index (χ2n) is 3.82. The van der Waals surface area contributed by atoms with E-state index >= 15 is 0 Å². The molecule has 2 rings (SSSR count). The Bertz CT molecular complexity index is 211. The maximum absolute atomic E-state index is 3.47. The number of allylic oxidation sites excluding steroid dienone is 2. The molecule has 80 valence electrons. The van der Waals surface area contributed by atoms with Crippen molar-refractivity contribution in [2.45, 2.75) is 52.5 Å². The number of hydrogen-bond donors (Lipinski definition) is 1. The molecule has 2 aliphatic rings. The Labute approximate surface area is 88.3 Å². The van der Waals surface area contributed by atoms with Gasteiger partial charge in [0.05, 0.1) is 0 Å². The smallest absolute Gasteiger partial charge is 0.0470 e. The summed E-state index contributed by atoms with van der Waals surface area (Å²) < 4.78 is 0.